The Morgan fingerprint density at radius 1 is 1.12 bits per heavy atom. The second kappa shape index (κ2) is 6.51. The van der Waals surface area contributed by atoms with Gasteiger partial charge < -0.3 is 10.3 Å². The number of nitrogens with one attached hydrogen (secondary N) is 2. The number of aromatic amines is 1. The van der Waals surface area contributed by atoms with Crippen molar-refractivity contribution in [1.29, 1.82) is 0 Å². The first kappa shape index (κ1) is 16.1. The van der Waals surface area contributed by atoms with Gasteiger partial charge in [-0.1, -0.05) is 24.3 Å². The molecule has 0 bridgehead atoms. The molecule has 2 aromatic carbocycles. The SMILES string of the molecule is Cn1c(=O)n(CCC(=O)NCc2nc3ccccc3[nH]2)c2ccccc21. The fourth-order valence-corrected chi connectivity index (χ4v) is 3.15. The number of benzene rings is 2. The van der Waals surface area contributed by atoms with Crippen LogP contribution in [-0.2, 0) is 24.9 Å². The number of imidazole rings is 2. The van der Waals surface area contributed by atoms with E-state index in [1.54, 1.807) is 16.2 Å². The number of carbonyl (C=O) groups is 1. The highest BCUT2D eigenvalue weighted by Gasteiger charge is 2.11. The normalized spacial score (nSPS) is 11.3. The van der Waals surface area contributed by atoms with E-state index in [4.69, 9.17) is 0 Å². The number of rotatable bonds is 5. The van der Waals surface area contributed by atoms with Gasteiger partial charge in [-0.25, -0.2) is 9.78 Å². The smallest absolute Gasteiger partial charge is 0.328 e. The number of para-hydroxylation sites is 4. The number of aromatic nitrogens is 4. The zero-order valence-electron chi connectivity index (χ0n) is 14.4. The number of aryl methyl sites for hydroxylation is 2. The van der Waals surface area contributed by atoms with E-state index in [0.29, 0.717) is 18.9 Å². The van der Waals surface area contributed by atoms with Gasteiger partial charge in [0.05, 0.1) is 28.6 Å². The third-order valence-corrected chi connectivity index (χ3v) is 4.51. The van der Waals surface area contributed by atoms with Crippen molar-refractivity contribution in [3.05, 3.63) is 64.8 Å². The molecule has 0 aliphatic rings. The fraction of sp³-hybridized carbons (Fsp3) is 0.211. The first-order valence-electron chi connectivity index (χ1n) is 8.48. The largest absolute Gasteiger partial charge is 0.349 e. The molecule has 0 spiro atoms. The molecule has 0 atom stereocenters. The molecule has 26 heavy (non-hydrogen) atoms. The molecule has 0 unspecified atom stereocenters. The second-order valence-corrected chi connectivity index (χ2v) is 6.21. The molecule has 0 radical (unpaired) electrons. The summed E-state index contributed by atoms with van der Waals surface area (Å²) in [6.45, 7) is 0.671. The molecule has 7 heteroatoms. The van der Waals surface area contributed by atoms with E-state index in [1.165, 1.54) is 0 Å². The van der Waals surface area contributed by atoms with Crippen molar-refractivity contribution < 1.29 is 4.79 Å². The van der Waals surface area contributed by atoms with Crippen LogP contribution in [0.4, 0.5) is 0 Å². The summed E-state index contributed by atoms with van der Waals surface area (Å²) < 4.78 is 3.23. The van der Waals surface area contributed by atoms with Crippen LogP contribution < -0.4 is 11.0 Å². The van der Waals surface area contributed by atoms with Crippen LogP contribution >= 0.6 is 0 Å². The predicted octanol–water partition coefficient (Wildman–Crippen LogP) is 1.92. The van der Waals surface area contributed by atoms with Gasteiger partial charge in [0.15, 0.2) is 0 Å². The molecule has 0 fully saturated rings. The lowest BCUT2D eigenvalue weighted by molar-refractivity contribution is -0.121. The van der Waals surface area contributed by atoms with E-state index < -0.39 is 0 Å². The molecule has 1 amide bonds. The first-order chi connectivity index (χ1) is 12.6. The van der Waals surface area contributed by atoms with Gasteiger partial charge in [-0.15, -0.1) is 0 Å². The number of hydrogen-bond acceptors (Lipinski definition) is 3. The molecule has 7 nitrogen and oxygen atoms in total. The monoisotopic (exact) mass is 349 g/mol. The quantitative estimate of drug-likeness (QED) is 0.577. The van der Waals surface area contributed by atoms with Crippen molar-refractivity contribution in [2.75, 3.05) is 0 Å². The molecule has 2 aromatic heterocycles. The van der Waals surface area contributed by atoms with Crippen LogP contribution in [0.1, 0.15) is 12.2 Å². The molecule has 0 aliphatic heterocycles. The number of amides is 1. The minimum atomic E-state index is -0.120. The van der Waals surface area contributed by atoms with Gasteiger partial charge in [0.25, 0.3) is 0 Å². The maximum absolute atomic E-state index is 12.4. The van der Waals surface area contributed by atoms with Gasteiger partial charge in [-0.3, -0.25) is 13.9 Å². The molecular formula is C19H19N5O2. The highest BCUT2D eigenvalue weighted by atomic mass is 16.2. The average molecular weight is 349 g/mol. The Bertz CT molecular complexity index is 1120. The average Bonchev–Trinajstić information content (AvgIpc) is 3.18. The summed E-state index contributed by atoms with van der Waals surface area (Å²) in [5.41, 5.74) is 3.40. The highest BCUT2D eigenvalue weighted by molar-refractivity contribution is 5.78. The molecule has 0 saturated heterocycles. The lowest BCUT2D eigenvalue weighted by Gasteiger charge is -2.05. The van der Waals surface area contributed by atoms with Crippen LogP contribution in [-0.4, -0.2) is 25.0 Å². The van der Waals surface area contributed by atoms with Gasteiger partial charge in [-0.2, -0.15) is 0 Å². The number of carbonyl (C=O) groups excluding carboxylic acids is 1. The van der Waals surface area contributed by atoms with Gasteiger partial charge in [-0.05, 0) is 24.3 Å². The minimum Gasteiger partial charge on any atom is -0.349 e. The third-order valence-electron chi connectivity index (χ3n) is 4.51. The third kappa shape index (κ3) is 2.88. The molecule has 2 N–H and O–H groups in total. The maximum atomic E-state index is 12.4. The Hall–Kier alpha value is -3.35. The van der Waals surface area contributed by atoms with Crippen molar-refractivity contribution in [3.63, 3.8) is 0 Å². The van der Waals surface area contributed by atoms with E-state index in [1.807, 2.05) is 48.5 Å². The van der Waals surface area contributed by atoms with Gasteiger partial charge >= 0.3 is 5.69 Å². The van der Waals surface area contributed by atoms with Crippen molar-refractivity contribution in [2.24, 2.45) is 7.05 Å². The maximum Gasteiger partial charge on any atom is 0.328 e. The zero-order valence-corrected chi connectivity index (χ0v) is 14.4. The van der Waals surface area contributed by atoms with Crippen molar-refractivity contribution in [1.82, 2.24) is 24.4 Å². The molecular weight excluding hydrogens is 330 g/mol. The molecule has 2 heterocycles. The first-order valence-corrected chi connectivity index (χ1v) is 8.48. The van der Waals surface area contributed by atoms with Gasteiger partial charge in [0, 0.05) is 20.0 Å². The van der Waals surface area contributed by atoms with Crippen molar-refractivity contribution in [3.8, 4) is 0 Å². The topological polar surface area (TPSA) is 84.7 Å². The second-order valence-electron chi connectivity index (χ2n) is 6.21. The van der Waals surface area contributed by atoms with E-state index in [9.17, 15) is 9.59 Å². The molecule has 4 aromatic rings. The summed E-state index contributed by atoms with van der Waals surface area (Å²) in [7, 11) is 1.74. The molecule has 0 saturated carbocycles. The summed E-state index contributed by atoms with van der Waals surface area (Å²) in [6, 6.07) is 15.3. The van der Waals surface area contributed by atoms with Crippen molar-refractivity contribution >= 4 is 28.0 Å². The van der Waals surface area contributed by atoms with Crippen LogP contribution in [0.15, 0.2) is 53.3 Å². The summed E-state index contributed by atoms with van der Waals surface area (Å²) in [5.74, 6) is 0.590. The Kier molecular flexibility index (Phi) is 4.04. The van der Waals surface area contributed by atoms with Crippen LogP contribution in [0.25, 0.3) is 22.1 Å². The number of hydrogen-bond donors (Lipinski definition) is 2. The molecule has 0 aliphatic carbocycles. The summed E-state index contributed by atoms with van der Waals surface area (Å²) in [4.78, 5) is 32.2. The number of H-pyrrole nitrogens is 1. The zero-order chi connectivity index (χ0) is 18.1. The number of nitrogens with zero attached hydrogens (tertiary/aromatic N) is 3. The summed E-state index contributed by atoms with van der Waals surface area (Å²) in [6.07, 6.45) is 0.230. The minimum absolute atomic E-state index is 0.115. The summed E-state index contributed by atoms with van der Waals surface area (Å²) >= 11 is 0. The van der Waals surface area contributed by atoms with Gasteiger partial charge in [0.2, 0.25) is 5.91 Å². The Labute approximate surface area is 149 Å². The van der Waals surface area contributed by atoms with E-state index in [-0.39, 0.29) is 18.0 Å². The van der Waals surface area contributed by atoms with Crippen LogP contribution in [0.5, 0.6) is 0 Å². The predicted molar refractivity (Wildman–Crippen MR) is 99.7 cm³/mol. The fourth-order valence-electron chi connectivity index (χ4n) is 3.15. The van der Waals surface area contributed by atoms with Crippen LogP contribution in [0, 0.1) is 0 Å². The van der Waals surface area contributed by atoms with E-state index in [2.05, 4.69) is 15.3 Å². The van der Waals surface area contributed by atoms with E-state index in [0.717, 1.165) is 22.1 Å². The lowest BCUT2D eigenvalue weighted by atomic mass is 10.3. The Morgan fingerprint density at radius 3 is 2.65 bits per heavy atom. The Morgan fingerprint density at radius 2 is 1.85 bits per heavy atom. The Balaban J connectivity index is 1.41. The summed E-state index contributed by atoms with van der Waals surface area (Å²) in [5, 5.41) is 2.85. The standard InChI is InChI=1S/C19H19N5O2/c1-23-15-8-4-5-9-16(15)24(19(23)26)11-10-18(25)20-12-17-21-13-6-2-3-7-14(13)22-17/h2-9H,10-12H2,1H3,(H,20,25)(H,21,22). The van der Waals surface area contributed by atoms with Crippen LogP contribution in [0.3, 0.4) is 0 Å². The molecule has 4 rings (SSSR count). The van der Waals surface area contributed by atoms with Crippen LogP contribution in [0.2, 0.25) is 0 Å². The van der Waals surface area contributed by atoms with Crippen molar-refractivity contribution in [2.45, 2.75) is 19.5 Å². The number of fused-ring (bicyclic) bond motifs is 2. The lowest BCUT2D eigenvalue weighted by Crippen LogP contribution is -2.28. The van der Waals surface area contributed by atoms with E-state index >= 15 is 0 Å². The van der Waals surface area contributed by atoms with Gasteiger partial charge in [0.1, 0.15) is 5.82 Å². The molecule has 132 valence electrons. The highest BCUT2D eigenvalue weighted by Crippen LogP contribution is 2.12.